The third-order valence-corrected chi connectivity index (χ3v) is 7.55. The minimum absolute atomic E-state index is 0.00561. The van der Waals surface area contributed by atoms with Crippen LogP contribution in [-0.4, -0.2) is 48.2 Å². The Morgan fingerprint density at radius 2 is 1.66 bits per heavy atom. The lowest BCUT2D eigenvalue weighted by Crippen LogP contribution is -2.50. The summed E-state index contributed by atoms with van der Waals surface area (Å²) in [5, 5.41) is 14.3. The number of carbonyl (C=O) groups is 3. The molecule has 1 unspecified atom stereocenters. The van der Waals surface area contributed by atoms with Crippen LogP contribution in [0, 0.1) is 11.3 Å². The molecular formula is C26H26F2N2O5. The van der Waals surface area contributed by atoms with Crippen LogP contribution in [0.3, 0.4) is 0 Å². The van der Waals surface area contributed by atoms with Crippen LogP contribution in [0.4, 0.5) is 13.6 Å². The summed E-state index contributed by atoms with van der Waals surface area (Å²) in [5.74, 6) is -1.85. The highest BCUT2D eigenvalue weighted by Gasteiger charge is 2.65. The number of fused-ring (bicyclic) bond motifs is 4. The molecule has 7 nitrogen and oxygen atoms in total. The van der Waals surface area contributed by atoms with Gasteiger partial charge in [0.2, 0.25) is 12.3 Å². The first kappa shape index (κ1) is 23.3. The maximum Gasteiger partial charge on any atom is 0.407 e. The predicted octanol–water partition coefficient (Wildman–Crippen LogP) is 3.92. The molecule has 2 fully saturated rings. The summed E-state index contributed by atoms with van der Waals surface area (Å²) in [5.41, 5.74) is 3.32. The van der Waals surface area contributed by atoms with E-state index in [9.17, 15) is 28.3 Å². The molecule has 0 spiro atoms. The number of carbonyl (C=O) groups excluding carboxylic acids is 2. The number of rotatable bonds is 8. The van der Waals surface area contributed by atoms with Crippen molar-refractivity contribution in [3.05, 3.63) is 59.7 Å². The Kier molecular flexibility index (Phi) is 5.94. The molecule has 2 amide bonds. The van der Waals surface area contributed by atoms with Gasteiger partial charge in [0.25, 0.3) is 0 Å². The Bertz CT molecular complexity index is 1130. The molecule has 2 aromatic rings. The molecule has 0 radical (unpaired) electrons. The van der Waals surface area contributed by atoms with Crippen molar-refractivity contribution in [3.63, 3.8) is 0 Å². The molecule has 3 aliphatic rings. The molecule has 0 aromatic heterocycles. The van der Waals surface area contributed by atoms with Gasteiger partial charge in [0.1, 0.15) is 12.6 Å². The number of aliphatic carboxylic acids is 1. The molecule has 0 heterocycles. The van der Waals surface area contributed by atoms with E-state index in [4.69, 9.17) is 4.74 Å². The van der Waals surface area contributed by atoms with Crippen LogP contribution in [-0.2, 0) is 14.3 Å². The van der Waals surface area contributed by atoms with E-state index < -0.39 is 48.3 Å². The van der Waals surface area contributed by atoms with Gasteiger partial charge < -0.3 is 20.5 Å². The fourth-order valence-corrected chi connectivity index (χ4v) is 5.76. The molecule has 35 heavy (non-hydrogen) atoms. The highest BCUT2D eigenvalue weighted by molar-refractivity contribution is 5.86. The lowest BCUT2D eigenvalue weighted by molar-refractivity contribution is -0.143. The third kappa shape index (κ3) is 4.35. The second-order valence-electron chi connectivity index (χ2n) is 9.66. The number of hydrogen-bond acceptors (Lipinski definition) is 4. The van der Waals surface area contributed by atoms with Crippen molar-refractivity contribution in [2.75, 3.05) is 6.61 Å². The number of benzene rings is 2. The average Bonchev–Trinajstić information content (AvgIpc) is 3.26. The molecular weight excluding hydrogens is 458 g/mol. The normalized spacial score (nSPS) is 24.8. The molecule has 184 valence electrons. The summed E-state index contributed by atoms with van der Waals surface area (Å²) >= 11 is 0. The molecule has 3 aliphatic carbocycles. The fraction of sp³-hybridized carbons (Fsp3) is 0.423. The molecule has 0 bridgehead atoms. The second kappa shape index (κ2) is 8.94. The molecule has 2 aromatic carbocycles. The SMILES string of the molecule is O=C(NC(CC(F)F)C(=O)N[C@@H]1C[C@H]2C[C@@]2(C(=O)O)C1)OCC1c2ccccc2-c2ccccc21. The highest BCUT2D eigenvalue weighted by Crippen LogP contribution is 2.63. The van der Waals surface area contributed by atoms with Gasteiger partial charge in [0, 0.05) is 18.4 Å². The number of hydrogen-bond donors (Lipinski definition) is 3. The number of carboxylic acid groups (broad SMARTS) is 1. The van der Waals surface area contributed by atoms with Gasteiger partial charge in [0.05, 0.1) is 5.41 Å². The zero-order chi connectivity index (χ0) is 24.7. The van der Waals surface area contributed by atoms with Crippen molar-refractivity contribution in [3.8, 4) is 11.1 Å². The minimum atomic E-state index is -2.82. The van der Waals surface area contributed by atoms with E-state index in [1.165, 1.54) is 0 Å². The molecule has 4 atom stereocenters. The molecule has 5 rings (SSSR count). The zero-order valence-electron chi connectivity index (χ0n) is 18.9. The molecule has 9 heteroatoms. The monoisotopic (exact) mass is 484 g/mol. The average molecular weight is 484 g/mol. The van der Waals surface area contributed by atoms with E-state index in [2.05, 4.69) is 10.6 Å². The Hall–Kier alpha value is -3.49. The van der Waals surface area contributed by atoms with E-state index in [1.807, 2.05) is 48.5 Å². The van der Waals surface area contributed by atoms with Gasteiger partial charge in [-0.15, -0.1) is 0 Å². The van der Waals surface area contributed by atoms with Crippen LogP contribution in [0.15, 0.2) is 48.5 Å². The lowest BCUT2D eigenvalue weighted by atomic mass is 9.98. The second-order valence-corrected chi connectivity index (χ2v) is 9.66. The van der Waals surface area contributed by atoms with Crippen LogP contribution in [0.5, 0.6) is 0 Å². The molecule has 0 saturated heterocycles. The summed E-state index contributed by atoms with van der Waals surface area (Å²) in [6, 6.07) is 13.7. The van der Waals surface area contributed by atoms with Gasteiger partial charge in [-0.25, -0.2) is 13.6 Å². The predicted molar refractivity (Wildman–Crippen MR) is 122 cm³/mol. The first-order valence-corrected chi connectivity index (χ1v) is 11.7. The standard InChI is InChI=1S/C26H26F2N2O5/c27-22(28)10-21(23(31)29-15-9-14-11-26(14,12-15)24(32)33)30-25(34)35-13-20-18-7-3-1-5-16(18)17-6-2-4-8-19(17)20/h1-8,14-15,20-22H,9-13H2,(H,29,31)(H,30,34)(H,32,33)/t14-,15+,21?,26+/m0/s1. The van der Waals surface area contributed by atoms with Crippen molar-refractivity contribution < 1.29 is 33.0 Å². The van der Waals surface area contributed by atoms with Gasteiger partial charge in [-0.2, -0.15) is 0 Å². The number of alkyl carbamates (subject to hydrolysis) is 1. The maximum absolute atomic E-state index is 13.2. The Balaban J connectivity index is 1.20. The number of nitrogens with one attached hydrogen (secondary N) is 2. The van der Waals surface area contributed by atoms with E-state index >= 15 is 0 Å². The van der Waals surface area contributed by atoms with Crippen molar-refractivity contribution in [1.82, 2.24) is 10.6 Å². The first-order valence-electron chi connectivity index (χ1n) is 11.7. The van der Waals surface area contributed by atoms with Gasteiger partial charge >= 0.3 is 12.1 Å². The summed E-state index contributed by atoms with van der Waals surface area (Å²) in [7, 11) is 0. The van der Waals surface area contributed by atoms with Crippen LogP contribution in [0.25, 0.3) is 11.1 Å². The van der Waals surface area contributed by atoms with E-state index in [-0.39, 0.29) is 24.9 Å². The maximum atomic E-state index is 13.2. The van der Waals surface area contributed by atoms with Crippen LogP contribution in [0.2, 0.25) is 0 Å². The van der Waals surface area contributed by atoms with E-state index in [0.29, 0.717) is 12.8 Å². The first-order chi connectivity index (χ1) is 16.8. The number of ether oxygens (including phenoxy) is 1. The van der Waals surface area contributed by atoms with Gasteiger partial charge in [-0.3, -0.25) is 9.59 Å². The smallest absolute Gasteiger partial charge is 0.407 e. The summed E-state index contributed by atoms with van der Waals surface area (Å²) in [6.45, 7) is -0.00564. The van der Waals surface area contributed by atoms with Crippen molar-refractivity contribution >= 4 is 18.0 Å². The number of carboxylic acids is 1. The summed E-state index contributed by atoms with van der Waals surface area (Å²) in [6.07, 6.45) is -3.30. The van der Waals surface area contributed by atoms with Crippen molar-refractivity contribution in [2.45, 2.75) is 50.1 Å². The van der Waals surface area contributed by atoms with Crippen molar-refractivity contribution in [1.29, 1.82) is 0 Å². The fourth-order valence-electron chi connectivity index (χ4n) is 5.76. The number of amides is 2. The van der Waals surface area contributed by atoms with Crippen LogP contribution >= 0.6 is 0 Å². The molecule has 2 saturated carbocycles. The number of halogens is 2. The van der Waals surface area contributed by atoms with Gasteiger partial charge in [0.15, 0.2) is 0 Å². The highest BCUT2D eigenvalue weighted by atomic mass is 19.3. The third-order valence-electron chi connectivity index (χ3n) is 7.55. The quantitative estimate of drug-likeness (QED) is 0.527. The Labute approximate surface area is 200 Å². The largest absolute Gasteiger partial charge is 0.481 e. The molecule has 0 aliphatic heterocycles. The Morgan fingerprint density at radius 1 is 1.03 bits per heavy atom. The van der Waals surface area contributed by atoms with Crippen LogP contribution in [0.1, 0.15) is 42.7 Å². The van der Waals surface area contributed by atoms with Gasteiger partial charge in [-0.05, 0) is 47.4 Å². The van der Waals surface area contributed by atoms with Crippen LogP contribution < -0.4 is 10.6 Å². The summed E-state index contributed by atoms with van der Waals surface area (Å²) < 4.78 is 31.7. The summed E-state index contributed by atoms with van der Waals surface area (Å²) in [4.78, 5) is 36.7. The van der Waals surface area contributed by atoms with Crippen molar-refractivity contribution in [2.24, 2.45) is 11.3 Å². The zero-order valence-corrected chi connectivity index (χ0v) is 18.9. The van der Waals surface area contributed by atoms with E-state index in [1.54, 1.807) is 0 Å². The Morgan fingerprint density at radius 3 is 2.23 bits per heavy atom. The van der Waals surface area contributed by atoms with E-state index in [0.717, 1.165) is 22.3 Å². The topological polar surface area (TPSA) is 105 Å². The minimum Gasteiger partial charge on any atom is -0.481 e. The van der Waals surface area contributed by atoms with Gasteiger partial charge in [-0.1, -0.05) is 48.5 Å². The lowest BCUT2D eigenvalue weighted by Gasteiger charge is -2.22. The number of alkyl halides is 2. The molecule has 3 N–H and O–H groups in total.